The number of amides is 2. The average Bonchev–Trinajstić information content (AvgIpc) is 2.41. The Morgan fingerprint density at radius 3 is 1.92 bits per heavy atom. The van der Waals surface area contributed by atoms with Gasteiger partial charge in [0.15, 0.2) is 0 Å². The molecule has 0 atom stereocenters. The van der Waals surface area contributed by atoms with Crippen LogP contribution < -0.4 is 4.90 Å². The van der Waals surface area contributed by atoms with Crippen molar-refractivity contribution in [2.45, 2.75) is 0 Å². The van der Waals surface area contributed by atoms with Crippen LogP contribution in [0.1, 0.15) is 20.7 Å². The van der Waals surface area contributed by atoms with Gasteiger partial charge in [-0.25, -0.2) is 9.59 Å². The molecule has 2 rings (SSSR count). The van der Waals surface area contributed by atoms with Crippen molar-refractivity contribution in [3.8, 4) is 0 Å². The lowest BCUT2D eigenvalue weighted by molar-refractivity contribution is -0.702. The van der Waals surface area contributed by atoms with Crippen LogP contribution in [-0.2, 0) is 0 Å². The molecule has 0 unspecified atom stereocenters. The first kappa shape index (κ1) is 8.47. The van der Waals surface area contributed by atoms with Gasteiger partial charge in [-0.05, 0) is 12.1 Å². The molecule has 0 radical (unpaired) electrons. The third-order valence-electron chi connectivity index (χ3n) is 2.12. The third kappa shape index (κ3) is 1.10. The van der Waals surface area contributed by atoms with Gasteiger partial charge < -0.3 is 0 Å². The second kappa shape index (κ2) is 2.97. The lowest BCUT2D eigenvalue weighted by Crippen LogP contribution is -3.14. The first-order valence-electron chi connectivity index (χ1n) is 3.91. The normalized spacial score (nSPS) is 16.4. The summed E-state index contributed by atoms with van der Waals surface area (Å²) in [6.45, 7) is 0. The van der Waals surface area contributed by atoms with Crippen LogP contribution in [0.4, 0.5) is 0 Å². The summed E-state index contributed by atoms with van der Waals surface area (Å²) in [5.74, 6) is -0.127. The molecule has 0 bridgehead atoms. The van der Waals surface area contributed by atoms with E-state index in [0.29, 0.717) is 11.1 Å². The number of hydrogen-bond donors (Lipinski definition) is 2. The molecule has 1 heterocycles. The molecule has 2 amide bonds. The summed E-state index contributed by atoms with van der Waals surface area (Å²) >= 11 is 3.96. The van der Waals surface area contributed by atoms with Gasteiger partial charge in [0.2, 0.25) is 0 Å². The molecule has 0 saturated carbocycles. The minimum atomic E-state index is -0.171. The molecule has 1 aliphatic heterocycles. The number of hydrogen-bond acceptors (Lipinski definition) is 3. The van der Waals surface area contributed by atoms with Crippen molar-refractivity contribution >= 4 is 24.4 Å². The van der Waals surface area contributed by atoms with E-state index in [1.54, 1.807) is 24.3 Å². The zero-order valence-electron chi connectivity index (χ0n) is 6.78. The minimum Gasteiger partial charge on any atom is -0.225 e. The monoisotopic (exact) mass is 194 g/mol. The van der Waals surface area contributed by atoms with Gasteiger partial charge in [-0.1, -0.05) is 12.1 Å². The highest BCUT2D eigenvalue weighted by Gasteiger charge is 2.40. The molecule has 0 spiro atoms. The fourth-order valence-electron chi connectivity index (χ4n) is 1.45. The van der Waals surface area contributed by atoms with Crippen molar-refractivity contribution in [1.82, 2.24) is 0 Å². The smallest absolute Gasteiger partial charge is 0.225 e. The van der Waals surface area contributed by atoms with Crippen LogP contribution >= 0.6 is 12.6 Å². The Morgan fingerprint density at radius 1 is 1.08 bits per heavy atom. The Hall–Kier alpha value is -1.13. The van der Waals surface area contributed by atoms with E-state index in [2.05, 4.69) is 12.6 Å². The largest absolute Gasteiger partial charge is 0.353 e. The van der Waals surface area contributed by atoms with Crippen molar-refractivity contribution in [2.24, 2.45) is 0 Å². The van der Waals surface area contributed by atoms with E-state index < -0.39 is 0 Å². The molecule has 1 aromatic carbocycles. The van der Waals surface area contributed by atoms with E-state index >= 15 is 0 Å². The van der Waals surface area contributed by atoms with Crippen molar-refractivity contribution in [3.63, 3.8) is 0 Å². The van der Waals surface area contributed by atoms with Crippen LogP contribution in [0.3, 0.4) is 0 Å². The maximum absolute atomic E-state index is 11.5. The number of imide groups is 1. The zero-order valence-corrected chi connectivity index (χ0v) is 7.67. The van der Waals surface area contributed by atoms with Crippen LogP contribution in [-0.4, -0.2) is 17.7 Å². The SMILES string of the molecule is O=C1c2ccccc2C(=O)[NH+]1CS. The van der Waals surface area contributed by atoms with Crippen molar-refractivity contribution in [1.29, 1.82) is 0 Å². The molecular weight excluding hydrogens is 186 g/mol. The van der Waals surface area contributed by atoms with Crippen molar-refractivity contribution in [2.75, 3.05) is 5.88 Å². The molecule has 0 aromatic heterocycles. The second-order valence-electron chi connectivity index (χ2n) is 2.84. The lowest BCUT2D eigenvalue weighted by Gasteiger charge is -2.00. The topological polar surface area (TPSA) is 38.6 Å². The fourth-order valence-corrected chi connectivity index (χ4v) is 1.74. The molecule has 1 aromatic rings. The number of fused-ring (bicyclic) bond motifs is 1. The molecule has 3 nitrogen and oxygen atoms in total. The Bertz CT molecular complexity index is 354. The zero-order chi connectivity index (χ0) is 9.42. The molecule has 0 saturated heterocycles. The Kier molecular flexibility index (Phi) is 1.94. The average molecular weight is 194 g/mol. The molecule has 1 N–H and O–H groups in total. The predicted octanol–water partition coefficient (Wildman–Crippen LogP) is -0.247. The highest BCUT2D eigenvalue weighted by atomic mass is 32.1. The highest BCUT2D eigenvalue weighted by Crippen LogP contribution is 2.10. The van der Waals surface area contributed by atoms with Gasteiger partial charge in [-0.3, -0.25) is 0 Å². The van der Waals surface area contributed by atoms with Crippen LogP contribution in [0, 0.1) is 0 Å². The standard InChI is InChI=1S/C9H7NO2S/c11-8-6-3-1-2-4-7(6)9(12)10(8)5-13/h1-4,13H,5H2/p+1. The number of quaternary nitrogens is 1. The summed E-state index contributed by atoms with van der Waals surface area (Å²) in [5.41, 5.74) is 1.02. The Balaban J connectivity index is 2.57. The van der Waals surface area contributed by atoms with Gasteiger partial charge in [0, 0.05) is 0 Å². The molecule has 13 heavy (non-hydrogen) atoms. The van der Waals surface area contributed by atoms with E-state index in [0.717, 1.165) is 0 Å². The van der Waals surface area contributed by atoms with Crippen LogP contribution in [0.5, 0.6) is 0 Å². The highest BCUT2D eigenvalue weighted by molar-refractivity contribution is 7.80. The van der Waals surface area contributed by atoms with Gasteiger partial charge in [-0.2, -0.15) is 4.90 Å². The molecule has 1 aliphatic rings. The van der Waals surface area contributed by atoms with Crippen LogP contribution in [0.15, 0.2) is 24.3 Å². The maximum atomic E-state index is 11.5. The van der Waals surface area contributed by atoms with E-state index in [1.165, 1.54) is 0 Å². The van der Waals surface area contributed by atoms with E-state index in [9.17, 15) is 9.59 Å². The maximum Gasteiger partial charge on any atom is 0.353 e. The van der Waals surface area contributed by atoms with Gasteiger partial charge in [0.1, 0.15) is 5.88 Å². The Morgan fingerprint density at radius 2 is 1.54 bits per heavy atom. The van der Waals surface area contributed by atoms with Crippen LogP contribution in [0.25, 0.3) is 0 Å². The summed E-state index contributed by atoms with van der Waals surface area (Å²) in [6.07, 6.45) is 0. The van der Waals surface area contributed by atoms with Crippen molar-refractivity contribution < 1.29 is 14.5 Å². The number of nitrogens with one attached hydrogen (secondary N) is 1. The van der Waals surface area contributed by atoms with Gasteiger partial charge in [-0.15, -0.1) is 12.6 Å². The van der Waals surface area contributed by atoms with E-state index in [1.807, 2.05) is 0 Å². The lowest BCUT2D eigenvalue weighted by atomic mass is 10.1. The molecule has 66 valence electrons. The van der Waals surface area contributed by atoms with Gasteiger partial charge in [0.05, 0.1) is 11.1 Å². The summed E-state index contributed by atoms with van der Waals surface area (Å²) in [4.78, 5) is 23.3. The predicted molar refractivity (Wildman–Crippen MR) is 49.9 cm³/mol. The minimum absolute atomic E-state index is 0.171. The summed E-state index contributed by atoms with van der Waals surface area (Å²) in [7, 11) is 0. The second-order valence-corrected chi connectivity index (χ2v) is 3.16. The van der Waals surface area contributed by atoms with Gasteiger partial charge >= 0.3 is 11.8 Å². The number of rotatable bonds is 1. The summed E-state index contributed by atoms with van der Waals surface area (Å²) in [6, 6.07) is 6.86. The number of carbonyl (C=O) groups is 2. The first-order valence-corrected chi connectivity index (χ1v) is 4.54. The molecular formula is C9H8NO2S+. The first-order chi connectivity index (χ1) is 6.25. The Labute approximate surface area is 80.8 Å². The number of thiol groups is 1. The third-order valence-corrected chi connectivity index (χ3v) is 2.44. The molecule has 0 fully saturated rings. The quantitative estimate of drug-likeness (QED) is 0.478. The van der Waals surface area contributed by atoms with Crippen LogP contribution in [0.2, 0.25) is 0 Å². The van der Waals surface area contributed by atoms with Crippen molar-refractivity contribution in [3.05, 3.63) is 35.4 Å². The molecule has 0 aliphatic carbocycles. The fraction of sp³-hybridized carbons (Fsp3) is 0.111. The van der Waals surface area contributed by atoms with E-state index in [4.69, 9.17) is 0 Å². The molecule has 4 heteroatoms. The van der Waals surface area contributed by atoms with E-state index in [-0.39, 0.29) is 22.6 Å². The number of carbonyl (C=O) groups excluding carboxylic acids is 2. The number of benzene rings is 1. The van der Waals surface area contributed by atoms with Gasteiger partial charge in [0.25, 0.3) is 0 Å². The summed E-state index contributed by atoms with van der Waals surface area (Å²) < 4.78 is 0. The summed E-state index contributed by atoms with van der Waals surface area (Å²) in [5, 5.41) is 0.